The van der Waals surface area contributed by atoms with Crippen LogP contribution in [0.3, 0.4) is 0 Å². The second-order valence-corrected chi connectivity index (χ2v) is 7.36. The highest BCUT2D eigenvalue weighted by molar-refractivity contribution is 9.11. The molecule has 0 saturated carbocycles. The van der Waals surface area contributed by atoms with Crippen LogP contribution in [-0.2, 0) is 4.74 Å². The Kier molecular flexibility index (Phi) is 3.83. The molecule has 21 heavy (non-hydrogen) atoms. The van der Waals surface area contributed by atoms with Gasteiger partial charge in [0.25, 0.3) is 0 Å². The van der Waals surface area contributed by atoms with Gasteiger partial charge in [0.1, 0.15) is 0 Å². The van der Waals surface area contributed by atoms with Gasteiger partial charge in [0.05, 0.1) is 16.5 Å². The molecule has 2 aliphatic rings. The van der Waals surface area contributed by atoms with E-state index in [1.54, 1.807) is 11.3 Å². The largest absolute Gasteiger partial charge is 0.465 e. The molecule has 0 amide bonds. The second kappa shape index (κ2) is 5.62. The van der Waals surface area contributed by atoms with Crippen LogP contribution in [0.1, 0.15) is 15.2 Å². The number of hydrogen-bond donors (Lipinski definition) is 0. The van der Waals surface area contributed by atoms with E-state index in [2.05, 4.69) is 35.0 Å². The highest BCUT2D eigenvalue weighted by atomic mass is 79.9. The Morgan fingerprint density at radius 1 is 1.10 bits per heavy atom. The van der Waals surface area contributed by atoms with E-state index in [0.29, 0.717) is 5.56 Å². The summed E-state index contributed by atoms with van der Waals surface area (Å²) < 4.78 is 6.05. The Morgan fingerprint density at radius 2 is 1.86 bits per heavy atom. The second-order valence-electron chi connectivity index (χ2n) is 4.72. The molecule has 106 valence electrons. The van der Waals surface area contributed by atoms with Gasteiger partial charge in [-0.25, -0.2) is 4.79 Å². The van der Waals surface area contributed by atoms with E-state index in [1.807, 2.05) is 30.3 Å². The van der Waals surface area contributed by atoms with Gasteiger partial charge in [-0.1, -0.05) is 30.3 Å². The van der Waals surface area contributed by atoms with Crippen molar-refractivity contribution in [1.82, 2.24) is 0 Å². The van der Waals surface area contributed by atoms with E-state index in [9.17, 15) is 4.79 Å². The van der Waals surface area contributed by atoms with Crippen LogP contribution in [0.25, 0.3) is 22.3 Å². The van der Waals surface area contributed by atoms with E-state index in [1.165, 1.54) is 12.0 Å². The molecule has 2 aliphatic carbocycles. The van der Waals surface area contributed by atoms with Crippen molar-refractivity contribution in [3.05, 3.63) is 56.7 Å². The maximum Gasteiger partial charge on any atom is 0.339 e. The summed E-state index contributed by atoms with van der Waals surface area (Å²) in [6.07, 6.45) is 0. The van der Waals surface area contributed by atoms with Crippen molar-refractivity contribution in [2.45, 2.75) is 6.92 Å². The first-order valence-electron chi connectivity index (χ1n) is 6.48. The third-order valence-electron chi connectivity index (χ3n) is 3.48. The van der Waals surface area contributed by atoms with Crippen LogP contribution in [0.2, 0.25) is 0 Å². The van der Waals surface area contributed by atoms with Crippen LogP contribution in [0.4, 0.5) is 0 Å². The number of thiophene rings is 1. The molecule has 0 radical (unpaired) electrons. The average molecular weight is 361 g/mol. The number of esters is 1. The molecule has 1 heterocycles. The zero-order chi connectivity index (χ0) is 15.0. The Bertz CT molecular complexity index is 791. The van der Waals surface area contributed by atoms with Gasteiger partial charge in [-0.05, 0) is 57.2 Å². The third kappa shape index (κ3) is 2.49. The molecule has 3 rings (SSSR count). The summed E-state index contributed by atoms with van der Waals surface area (Å²) in [5, 5.41) is 0. The third-order valence-corrected chi connectivity index (χ3v) is 5.03. The van der Waals surface area contributed by atoms with E-state index in [4.69, 9.17) is 4.74 Å². The van der Waals surface area contributed by atoms with Gasteiger partial charge in [-0.15, -0.1) is 11.3 Å². The van der Waals surface area contributed by atoms with Crippen molar-refractivity contribution in [1.29, 1.82) is 0 Å². The molecule has 0 aromatic carbocycles. The number of fused-ring (bicyclic) bond motifs is 1. The molecule has 2 nitrogen and oxygen atoms in total. The lowest BCUT2D eigenvalue weighted by Gasteiger charge is -2.04. The van der Waals surface area contributed by atoms with E-state index < -0.39 is 0 Å². The molecular formula is C17H13BrO2S. The minimum atomic E-state index is -0.298. The number of aryl methyl sites for hydroxylation is 1. The lowest BCUT2D eigenvalue weighted by atomic mass is 10.0. The Hall–Kier alpha value is -1.65. The molecule has 0 aliphatic heterocycles. The fraction of sp³-hybridized carbons (Fsp3) is 0.118. The van der Waals surface area contributed by atoms with Gasteiger partial charge in [0.15, 0.2) is 0 Å². The predicted molar refractivity (Wildman–Crippen MR) is 90.2 cm³/mol. The first-order valence-corrected chi connectivity index (χ1v) is 8.09. The molecule has 0 unspecified atom stereocenters. The standard InChI is InChI=1S/C17H13BrO2S/c1-10-13(9-15(18)21-10)14-8-11-6-4-3-5-7-12(11)16(14)17(19)20-2/h3-9H,1-2H3. The van der Waals surface area contributed by atoms with E-state index >= 15 is 0 Å². The van der Waals surface area contributed by atoms with Gasteiger partial charge in [-0.3, -0.25) is 0 Å². The summed E-state index contributed by atoms with van der Waals surface area (Å²) in [5.41, 5.74) is 4.60. The molecule has 1 aromatic heterocycles. The zero-order valence-electron chi connectivity index (χ0n) is 11.6. The lowest BCUT2D eigenvalue weighted by Crippen LogP contribution is -2.02. The number of carbonyl (C=O) groups is 1. The van der Waals surface area contributed by atoms with Crippen LogP contribution < -0.4 is 0 Å². The van der Waals surface area contributed by atoms with Crippen molar-refractivity contribution in [2.75, 3.05) is 7.11 Å². The fourth-order valence-corrected chi connectivity index (χ4v) is 4.24. The number of hydrogen-bond acceptors (Lipinski definition) is 3. The lowest BCUT2D eigenvalue weighted by molar-refractivity contribution is 0.0603. The topological polar surface area (TPSA) is 26.3 Å². The number of methoxy groups -OCH3 is 1. The number of carbonyl (C=O) groups excluding carboxylic acids is 1. The molecule has 1 aromatic rings. The van der Waals surface area contributed by atoms with Gasteiger partial charge < -0.3 is 4.74 Å². The Morgan fingerprint density at radius 3 is 2.52 bits per heavy atom. The van der Waals surface area contributed by atoms with Crippen molar-refractivity contribution >= 4 is 33.2 Å². The first kappa shape index (κ1) is 14.3. The normalized spacial score (nSPS) is 10.8. The number of rotatable bonds is 2. The molecule has 4 heteroatoms. The molecule has 0 fully saturated rings. The van der Waals surface area contributed by atoms with Crippen LogP contribution in [0, 0.1) is 6.92 Å². The summed E-state index contributed by atoms with van der Waals surface area (Å²) in [7, 11) is 1.42. The van der Waals surface area contributed by atoms with Crippen molar-refractivity contribution in [2.24, 2.45) is 0 Å². The highest BCUT2D eigenvalue weighted by Gasteiger charge is 2.24. The van der Waals surface area contributed by atoms with Gasteiger partial charge in [0, 0.05) is 4.88 Å². The van der Waals surface area contributed by atoms with Crippen LogP contribution in [0.15, 0.2) is 46.3 Å². The molecule has 0 saturated heterocycles. The number of halogens is 1. The SMILES string of the molecule is COC(=O)c1c2cccccc-2cc1-c1cc(Br)sc1C. The monoisotopic (exact) mass is 360 g/mol. The summed E-state index contributed by atoms with van der Waals surface area (Å²) in [6.45, 7) is 2.06. The summed E-state index contributed by atoms with van der Waals surface area (Å²) in [4.78, 5) is 13.4. The molecular weight excluding hydrogens is 348 g/mol. The first-order chi connectivity index (χ1) is 10.1. The maximum absolute atomic E-state index is 12.3. The van der Waals surface area contributed by atoms with Gasteiger partial charge in [-0.2, -0.15) is 0 Å². The molecule has 0 spiro atoms. The Labute approximate surface area is 135 Å². The zero-order valence-corrected chi connectivity index (χ0v) is 14.0. The van der Waals surface area contributed by atoms with Crippen LogP contribution in [-0.4, -0.2) is 13.1 Å². The number of ether oxygens (including phenoxy) is 1. The molecule has 0 atom stereocenters. The van der Waals surface area contributed by atoms with E-state index in [-0.39, 0.29) is 5.97 Å². The van der Waals surface area contributed by atoms with Crippen molar-refractivity contribution in [3.8, 4) is 22.3 Å². The quantitative estimate of drug-likeness (QED) is 0.573. The smallest absolute Gasteiger partial charge is 0.339 e. The van der Waals surface area contributed by atoms with Gasteiger partial charge in [0.2, 0.25) is 0 Å². The van der Waals surface area contributed by atoms with E-state index in [0.717, 1.165) is 26.0 Å². The summed E-state index contributed by atoms with van der Waals surface area (Å²) in [5.74, 6) is -0.298. The van der Waals surface area contributed by atoms with Crippen LogP contribution in [0.5, 0.6) is 0 Å². The highest BCUT2D eigenvalue weighted by Crippen LogP contribution is 2.42. The van der Waals surface area contributed by atoms with Crippen LogP contribution >= 0.6 is 27.3 Å². The van der Waals surface area contributed by atoms with Gasteiger partial charge >= 0.3 is 5.97 Å². The average Bonchev–Trinajstić information content (AvgIpc) is 2.89. The summed E-state index contributed by atoms with van der Waals surface area (Å²) in [6, 6.07) is 14.0. The fourth-order valence-electron chi connectivity index (χ4n) is 2.54. The van der Waals surface area contributed by atoms with Crippen molar-refractivity contribution < 1.29 is 9.53 Å². The minimum Gasteiger partial charge on any atom is -0.465 e. The predicted octanol–water partition coefficient (Wildman–Crippen LogP) is 5.38. The molecule has 0 bridgehead atoms. The van der Waals surface area contributed by atoms with Crippen molar-refractivity contribution in [3.63, 3.8) is 0 Å². The molecule has 0 N–H and O–H groups in total. The summed E-state index contributed by atoms with van der Waals surface area (Å²) >= 11 is 5.18. The maximum atomic E-state index is 12.3. The Balaban J connectivity index is 2.34. The minimum absolute atomic E-state index is 0.298.